The van der Waals surface area contributed by atoms with E-state index in [1.54, 1.807) is 23.6 Å². The summed E-state index contributed by atoms with van der Waals surface area (Å²) in [5, 5.41) is 2.82. The van der Waals surface area contributed by atoms with Gasteiger partial charge >= 0.3 is 0 Å². The molecule has 0 N–H and O–H groups in total. The van der Waals surface area contributed by atoms with Gasteiger partial charge in [-0.2, -0.15) is 0 Å². The Kier molecular flexibility index (Phi) is 5.47. The van der Waals surface area contributed by atoms with Crippen LogP contribution in [-0.2, 0) is 0 Å². The number of nitrogens with zero attached hydrogens (tertiary/aromatic N) is 3. The average Bonchev–Trinajstić information content (AvgIpc) is 2.94. The molecule has 0 aliphatic heterocycles. The fourth-order valence-electron chi connectivity index (χ4n) is 2.00. The number of benzene rings is 1. The highest BCUT2D eigenvalue weighted by atomic mass is 79.9. The first-order valence-corrected chi connectivity index (χ1v) is 8.30. The molecule has 0 saturated carbocycles. The molecule has 0 bridgehead atoms. The van der Waals surface area contributed by atoms with Crippen molar-refractivity contribution in [2.45, 2.75) is 19.4 Å². The molecule has 0 saturated heterocycles. The van der Waals surface area contributed by atoms with E-state index in [1.165, 1.54) is 12.1 Å². The molecule has 0 fully saturated rings. The van der Waals surface area contributed by atoms with Gasteiger partial charge in [0.25, 0.3) is 0 Å². The summed E-state index contributed by atoms with van der Waals surface area (Å²) in [6.07, 6.45) is 2.60. The van der Waals surface area contributed by atoms with E-state index in [2.05, 4.69) is 27.8 Å². The van der Waals surface area contributed by atoms with E-state index < -0.39 is 0 Å². The quantitative estimate of drug-likeness (QED) is 0.586. The fourth-order valence-corrected chi connectivity index (χ4v) is 3.32. The van der Waals surface area contributed by atoms with Crippen LogP contribution in [0, 0.1) is 5.82 Å². The lowest BCUT2D eigenvalue weighted by Crippen LogP contribution is -2.24. The Balaban J connectivity index is 2.42. The van der Waals surface area contributed by atoms with E-state index >= 15 is 0 Å². The van der Waals surface area contributed by atoms with E-state index in [0.717, 1.165) is 27.3 Å². The molecule has 1 heterocycles. The van der Waals surface area contributed by atoms with Crippen molar-refractivity contribution in [1.29, 1.82) is 0 Å². The SMILES string of the molecule is CC[C@@H](/N=C(/c1nccs1)N(C)C)c1ccc(F)cc1Br. The van der Waals surface area contributed by atoms with Crippen LogP contribution in [0.4, 0.5) is 4.39 Å². The molecular weight excluding hydrogens is 353 g/mol. The number of aliphatic imine (C=N–C) groups is 1. The molecule has 2 aromatic rings. The molecule has 0 amide bonds. The van der Waals surface area contributed by atoms with Crippen molar-refractivity contribution in [3.63, 3.8) is 0 Å². The van der Waals surface area contributed by atoms with Crippen molar-refractivity contribution in [1.82, 2.24) is 9.88 Å². The van der Waals surface area contributed by atoms with E-state index in [1.807, 2.05) is 24.4 Å². The summed E-state index contributed by atoms with van der Waals surface area (Å²) in [6, 6.07) is 4.69. The van der Waals surface area contributed by atoms with Gasteiger partial charge < -0.3 is 4.90 Å². The van der Waals surface area contributed by atoms with Gasteiger partial charge in [0.05, 0.1) is 6.04 Å². The highest BCUT2D eigenvalue weighted by Crippen LogP contribution is 2.30. The minimum atomic E-state index is -0.253. The van der Waals surface area contributed by atoms with Crippen LogP contribution in [0.2, 0.25) is 0 Å². The summed E-state index contributed by atoms with van der Waals surface area (Å²) < 4.78 is 14.0. The third-order valence-corrected chi connectivity index (χ3v) is 4.49. The van der Waals surface area contributed by atoms with Crippen LogP contribution in [0.3, 0.4) is 0 Å². The maximum Gasteiger partial charge on any atom is 0.160 e. The summed E-state index contributed by atoms with van der Waals surface area (Å²) in [4.78, 5) is 11.1. The smallest absolute Gasteiger partial charge is 0.160 e. The molecule has 1 aromatic heterocycles. The highest BCUT2D eigenvalue weighted by Gasteiger charge is 2.16. The summed E-state index contributed by atoms with van der Waals surface area (Å²) in [5.74, 6) is 0.588. The minimum Gasteiger partial charge on any atom is -0.361 e. The Hall–Kier alpha value is -1.27. The number of rotatable bonds is 4. The van der Waals surface area contributed by atoms with E-state index in [4.69, 9.17) is 4.99 Å². The van der Waals surface area contributed by atoms with Crippen LogP contribution in [0.5, 0.6) is 0 Å². The normalized spacial score (nSPS) is 13.3. The Labute approximate surface area is 136 Å². The van der Waals surface area contributed by atoms with Gasteiger partial charge in [0.1, 0.15) is 5.82 Å². The predicted molar refractivity (Wildman–Crippen MR) is 89.5 cm³/mol. The number of hydrogen-bond acceptors (Lipinski definition) is 3. The molecule has 0 aliphatic carbocycles. The molecule has 112 valence electrons. The number of aromatic nitrogens is 1. The number of thiazole rings is 1. The zero-order valence-electron chi connectivity index (χ0n) is 12.2. The zero-order chi connectivity index (χ0) is 15.4. The van der Waals surface area contributed by atoms with Crippen LogP contribution < -0.4 is 0 Å². The van der Waals surface area contributed by atoms with Crippen LogP contribution in [0.1, 0.15) is 30.0 Å². The highest BCUT2D eigenvalue weighted by molar-refractivity contribution is 9.10. The van der Waals surface area contributed by atoms with Gasteiger partial charge in [-0.15, -0.1) is 11.3 Å². The third-order valence-electron chi connectivity index (χ3n) is 3.03. The van der Waals surface area contributed by atoms with E-state index in [0.29, 0.717) is 0 Å². The Morgan fingerprint density at radius 3 is 2.76 bits per heavy atom. The van der Waals surface area contributed by atoms with Gasteiger partial charge in [-0.05, 0) is 24.1 Å². The van der Waals surface area contributed by atoms with Crippen molar-refractivity contribution in [3.8, 4) is 0 Å². The third kappa shape index (κ3) is 3.89. The van der Waals surface area contributed by atoms with Crippen molar-refractivity contribution >= 4 is 33.1 Å². The van der Waals surface area contributed by atoms with Crippen molar-refractivity contribution in [2.24, 2.45) is 4.99 Å². The maximum atomic E-state index is 13.2. The number of hydrogen-bond donors (Lipinski definition) is 0. The second kappa shape index (κ2) is 7.13. The van der Waals surface area contributed by atoms with Gasteiger partial charge in [0, 0.05) is 30.1 Å². The lowest BCUT2D eigenvalue weighted by atomic mass is 10.1. The molecule has 3 nitrogen and oxygen atoms in total. The van der Waals surface area contributed by atoms with Crippen LogP contribution >= 0.6 is 27.3 Å². The minimum absolute atomic E-state index is 0.0405. The largest absolute Gasteiger partial charge is 0.361 e. The van der Waals surface area contributed by atoms with Crippen molar-refractivity contribution in [2.75, 3.05) is 14.1 Å². The molecule has 2 rings (SSSR count). The van der Waals surface area contributed by atoms with Crippen LogP contribution in [0.25, 0.3) is 0 Å². The number of amidine groups is 1. The molecule has 0 spiro atoms. The lowest BCUT2D eigenvalue weighted by molar-refractivity contribution is 0.595. The standard InChI is InChI=1S/C15H17BrFN3S/c1-4-13(11-6-5-10(17)9-12(11)16)19-14(20(2)3)15-18-7-8-21-15/h5-9,13H,4H2,1-3H3/b19-14-/t13-/m1/s1. The molecule has 0 aliphatic rings. The second-order valence-electron chi connectivity index (χ2n) is 4.77. The van der Waals surface area contributed by atoms with Crippen molar-refractivity contribution in [3.05, 3.63) is 50.6 Å². The van der Waals surface area contributed by atoms with E-state index in [-0.39, 0.29) is 11.9 Å². The predicted octanol–water partition coefficient (Wildman–Crippen LogP) is 4.50. The molecule has 21 heavy (non-hydrogen) atoms. The molecule has 0 radical (unpaired) electrons. The zero-order valence-corrected chi connectivity index (χ0v) is 14.6. The van der Waals surface area contributed by atoms with Crippen LogP contribution in [-0.4, -0.2) is 29.8 Å². The maximum absolute atomic E-state index is 13.2. The summed E-state index contributed by atoms with van der Waals surface area (Å²) in [7, 11) is 3.90. The first kappa shape index (κ1) is 16.1. The average molecular weight is 370 g/mol. The first-order valence-electron chi connectivity index (χ1n) is 6.62. The fraction of sp³-hybridized carbons (Fsp3) is 0.333. The van der Waals surface area contributed by atoms with Gasteiger partial charge in [-0.1, -0.05) is 28.9 Å². The lowest BCUT2D eigenvalue weighted by Gasteiger charge is -2.19. The van der Waals surface area contributed by atoms with Gasteiger partial charge in [-0.25, -0.2) is 9.37 Å². The number of halogens is 2. The molecular formula is C15H17BrFN3S. The van der Waals surface area contributed by atoms with Gasteiger partial charge in [0.15, 0.2) is 10.8 Å². The summed E-state index contributed by atoms with van der Waals surface area (Å²) in [5.41, 5.74) is 0.981. The Morgan fingerprint density at radius 2 is 2.24 bits per heavy atom. The first-order chi connectivity index (χ1) is 10.0. The Bertz CT molecular complexity index is 626. The monoisotopic (exact) mass is 369 g/mol. The van der Waals surface area contributed by atoms with Gasteiger partial charge in [0.2, 0.25) is 0 Å². The van der Waals surface area contributed by atoms with Crippen LogP contribution in [0.15, 0.2) is 39.2 Å². The van der Waals surface area contributed by atoms with E-state index in [9.17, 15) is 4.39 Å². The molecule has 1 aromatic carbocycles. The van der Waals surface area contributed by atoms with Gasteiger partial charge in [-0.3, -0.25) is 4.99 Å². The van der Waals surface area contributed by atoms with Crippen molar-refractivity contribution < 1.29 is 4.39 Å². The molecule has 1 atom stereocenters. The molecule has 0 unspecified atom stereocenters. The Morgan fingerprint density at radius 1 is 1.48 bits per heavy atom. The topological polar surface area (TPSA) is 28.5 Å². The summed E-state index contributed by atoms with van der Waals surface area (Å²) in [6.45, 7) is 2.07. The summed E-state index contributed by atoms with van der Waals surface area (Å²) >= 11 is 4.99. The molecule has 6 heteroatoms. The second-order valence-corrected chi connectivity index (χ2v) is 6.52.